The van der Waals surface area contributed by atoms with Crippen molar-refractivity contribution in [3.8, 4) is 5.75 Å². The number of nitrogens with one attached hydrogen (secondary N) is 1. The lowest BCUT2D eigenvalue weighted by Crippen LogP contribution is -2.43. The van der Waals surface area contributed by atoms with Gasteiger partial charge in [-0.1, -0.05) is 29.3 Å². The van der Waals surface area contributed by atoms with Crippen molar-refractivity contribution in [2.75, 3.05) is 19.0 Å². The number of carbonyl (C=O) groups is 2. The van der Waals surface area contributed by atoms with E-state index >= 15 is 0 Å². The molecular formula is C19H18Cl2N2O3. The van der Waals surface area contributed by atoms with E-state index < -0.39 is 6.04 Å². The van der Waals surface area contributed by atoms with Crippen molar-refractivity contribution in [2.24, 2.45) is 0 Å². The largest absolute Gasteiger partial charge is 0.497 e. The molecule has 1 atom stereocenters. The molecule has 1 heterocycles. The first-order chi connectivity index (χ1) is 12.5. The third-order valence-corrected chi connectivity index (χ3v) is 4.88. The van der Waals surface area contributed by atoms with Gasteiger partial charge in [-0.2, -0.15) is 0 Å². The van der Waals surface area contributed by atoms with Crippen molar-refractivity contribution >= 4 is 40.7 Å². The summed E-state index contributed by atoms with van der Waals surface area (Å²) in [5, 5.41) is 3.59. The number of methoxy groups -OCH3 is 1. The normalized spacial score (nSPS) is 16.4. The molecule has 1 saturated heterocycles. The predicted octanol–water partition coefficient (Wildman–Crippen LogP) is 4.25. The van der Waals surface area contributed by atoms with Gasteiger partial charge in [0.15, 0.2) is 0 Å². The molecule has 1 aliphatic rings. The van der Waals surface area contributed by atoms with Crippen LogP contribution in [-0.2, 0) is 4.79 Å². The quantitative estimate of drug-likeness (QED) is 0.845. The number of hydrogen-bond acceptors (Lipinski definition) is 3. The van der Waals surface area contributed by atoms with Gasteiger partial charge in [-0.05, 0) is 43.2 Å². The number of carbonyl (C=O) groups excluding carboxylic acids is 2. The second-order valence-corrected chi connectivity index (χ2v) is 6.85. The number of benzene rings is 2. The fraction of sp³-hybridized carbons (Fsp3) is 0.263. The summed E-state index contributed by atoms with van der Waals surface area (Å²) < 4.78 is 5.16. The molecule has 136 valence electrons. The second kappa shape index (κ2) is 7.98. The fourth-order valence-corrected chi connectivity index (χ4v) is 3.40. The summed E-state index contributed by atoms with van der Waals surface area (Å²) in [7, 11) is 1.56. The summed E-state index contributed by atoms with van der Waals surface area (Å²) in [6.07, 6.45) is 1.35. The molecule has 1 unspecified atom stereocenters. The number of hydrogen-bond donors (Lipinski definition) is 1. The fourth-order valence-electron chi connectivity index (χ4n) is 3.02. The van der Waals surface area contributed by atoms with Crippen LogP contribution in [0.3, 0.4) is 0 Å². The van der Waals surface area contributed by atoms with Crippen molar-refractivity contribution in [1.82, 2.24) is 4.90 Å². The number of likely N-dealkylation sites (tertiary alicyclic amines) is 1. The molecule has 2 aromatic carbocycles. The molecule has 7 heteroatoms. The minimum Gasteiger partial charge on any atom is -0.497 e. The van der Waals surface area contributed by atoms with Crippen LogP contribution < -0.4 is 10.1 Å². The Morgan fingerprint density at radius 3 is 2.77 bits per heavy atom. The molecule has 0 saturated carbocycles. The smallest absolute Gasteiger partial charge is 0.256 e. The van der Waals surface area contributed by atoms with E-state index in [-0.39, 0.29) is 11.8 Å². The average molecular weight is 393 g/mol. The number of rotatable bonds is 4. The van der Waals surface area contributed by atoms with Crippen LogP contribution in [0, 0.1) is 0 Å². The average Bonchev–Trinajstić information content (AvgIpc) is 3.13. The van der Waals surface area contributed by atoms with Crippen molar-refractivity contribution in [3.63, 3.8) is 0 Å². The van der Waals surface area contributed by atoms with Crippen LogP contribution in [0.15, 0.2) is 42.5 Å². The van der Waals surface area contributed by atoms with Gasteiger partial charge < -0.3 is 15.0 Å². The zero-order valence-corrected chi connectivity index (χ0v) is 15.7. The van der Waals surface area contributed by atoms with Crippen molar-refractivity contribution in [3.05, 3.63) is 58.1 Å². The van der Waals surface area contributed by atoms with Crippen LogP contribution in [0.25, 0.3) is 0 Å². The van der Waals surface area contributed by atoms with Crippen LogP contribution in [-0.4, -0.2) is 36.4 Å². The van der Waals surface area contributed by atoms with Crippen LogP contribution >= 0.6 is 23.2 Å². The number of nitrogens with zero attached hydrogens (tertiary/aromatic N) is 1. The van der Waals surface area contributed by atoms with E-state index in [1.165, 1.54) is 6.07 Å². The summed E-state index contributed by atoms with van der Waals surface area (Å²) in [5.74, 6) is 0.121. The van der Waals surface area contributed by atoms with Gasteiger partial charge in [0.05, 0.1) is 17.7 Å². The summed E-state index contributed by atoms with van der Waals surface area (Å²) in [6.45, 7) is 0.498. The van der Waals surface area contributed by atoms with Crippen LogP contribution in [0.5, 0.6) is 5.75 Å². The minimum atomic E-state index is -0.552. The Morgan fingerprint density at radius 1 is 1.19 bits per heavy atom. The lowest BCUT2D eigenvalue weighted by Gasteiger charge is -2.24. The molecule has 1 aliphatic heterocycles. The molecule has 1 fully saturated rings. The molecule has 26 heavy (non-hydrogen) atoms. The lowest BCUT2D eigenvalue weighted by molar-refractivity contribution is -0.119. The zero-order valence-electron chi connectivity index (χ0n) is 14.2. The van der Waals surface area contributed by atoms with Gasteiger partial charge in [-0.3, -0.25) is 9.59 Å². The topological polar surface area (TPSA) is 58.6 Å². The molecule has 2 amide bonds. The van der Waals surface area contributed by atoms with Crippen molar-refractivity contribution < 1.29 is 14.3 Å². The molecule has 5 nitrogen and oxygen atoms in total. The van der Waals surface area contributed by atoms with Gasteiger partial charge in [0.2, 0.25) is 5.91 Å². The summed E-state index contributed by atoms with van der Waals surface area (Å²) in [4.78, 5) is 27.1. The molecule has 0 aromatic heterocycles. The molecule has 0 aliphatic carbocycles. The van der Waals surface area contributed by atoms with E-state index in [1.54, 1.807) is 48.4 Å². The van der Waals surface area contributed by atoms with Gasteiger partial charge >= 0.3 is 0 Å². The minimum absolute atomic E-state index is 0.234. The van der Waals surface area contributed by atoms with E-state index in [4.69, 9.17) is 27.9 Å². The standard InChI is InChI=1S/C19H18Cl2N2O3/c1-26-14-5-2-4-13(11-14)22-18(24)17-6-3-9-23(17)19(25)15-10-12(20)7-8-16(15)21/h2,4-5,7-8,10-11,17H,3,6,9H2,1H3,(H,22,24). The molecule has 3 rings (SSSR count). The van der Waals surface area contributed by atoms with E-state index in [9.17, 15) is 9.59 Å². The number of halogens is 2. The Balaban J connectivity index is 1.77. The van der Waals surface area contributed by atoms with Gasteiger partial charge in [-0.25, -0.2) is 0 Å². The maximum absolute atomic E-state index is 12.9. The van der Waals surface area contributed by atoms with Crippen molar-refractivity contribution in [1.29, 1.82) is 0 Å². The van der Waals surface area contributed by atoms with E-state index in [0.717, 1.165) is 6.42 Å². The molecule has 0 bridgehead atoms. The summed E-state index contributed by atoms with van der Waals surface area (Å²) in [6, 6.07) is 11.3. The highest BCUT2D eigenvalue weighted by Gasteiger charge is 2.35. The van der Waals surface area contributed by atoms with E-state index in [1.807, 2.05) is 0 Å². The van der Waals surface area contributed by atoms with E-state index in [2.05, 4.69) is 5.32 Å². The zero-order chi connectivity index (χ0) is 18.7. The summed E-state index contributed by atoms with van der Waals surface area (Å²) in [5.41, 5.74) is 0.926. The Bertz CT molecular complexity index is 841. The SMILES string of the molecule is COc1cccc(NC(=O)C2CCCN2C(=O)c2cc(Cl)ccc2Cl)c1. The molecule has 1 N–H and O–H groups in total. The number of ether oxygens (including phenoxy) is 1. The Morgan fingerprint density at radius 2 is 2.00 bits per heavy atom. The van der Waals surface area contributed by atoms with Crippen LogP contribution in [0.2, 0.25) is 10.0 Å². The summed E-state index contributed by atoms with van der Waals surface area (Å²) >= 11 is 12.1. The van der Waals surface area contributed by atoms with E-state index in [0.29, 0.717) is 40.0 Å². The first-order valence-electron chi connectivity index (χ1n) is 8.20. The first kappa shape index (κ1) is 18.5. The highest BCUT2D eigenvalue weighted by Crippen LogP contribution is 2.27. The highest BCUT2D eigenvalue weighted by molar-refractivity contribution is 6.35. The lowest BCUT2D eigenvalue weighted by atomic mass is 10.1. The van der Waals surface area contributed by atoms with Crippen LogP contribution in [0.1, 0.15) is 23.2 Å². The van der Waals surface area contributed by atoms with Gasteiger partial charge in [0.25, 0.3) is 5.91 Å². The Labute approximate surface area is 161 Å². The van der Waals surface area contributed by atoms with Crippen LogP contribution in [0.4, 0.5) is 5.69 Å². The monoisotopic (exact) mass is 392 g/mol. The maximum atomic E-state index is 12.9. The predicted molar refractivity (Wildman–Crippen MR) is 102 cm³/mol. The third-order valence-electron chi connectivity index (χ3n) is 4.31. The van der Waals surface area contributed by atoms with Crippen molar-refractivity contribution in [2.45, 2.75) is 18.9 Å². The highest BCUT2D eigenvalue weighted by atomic mass is 35.5. The Hall–Kier alpha value is -2.24. The molecular weight excluding hydrogens is 375 g/mol. The molecule has 2 aromatic rings. The van der Waals surface area contributed by atoms with Gasteiger partial charge in [-0.15, -0.1) is 0 Å². The maximum Gasteiger partial charge on any atom is 0.256 e. The second-order valence-electron chi connectivity index (χ2n) is 6.00. The molecule has 0 radical (unpaired) electrons. The molecule has 0 spiro atoms. The first-order valence-corrected chi connectivity index (χ1v) is 8.96. The Kier molecular flexibility index (Phi) is 5.69. The number of amides is 2. The third kappa shape index (κ3) is 3.94. The van der Waals surface area contributed by atoms with Gasteiger partial charge in [0, 0.05) is 23.3 Å². The van der Waals surface area contributed by atoms with Gasteiger partial charge in [0.1, 0.15) is 11.8 Å². The number of anilines is 1.